The first kappa shape index (κ1) is 48.9. The third-order valence-corrected chi connectivity index (χ3v) is 16.8. The average Bonchev–Trinajstić information content (AvgIpc) is 3.94. The molecule has 2 aliphatic carbocycles. The fraction of sp³-hybridized carbons (Fsp3) is 0.200. The summed E-state index contributed by atoms with van der Waals surface area (Å²) in [6.07, 6.45) is 0. The Morgan fingerprint density at radius 1 is 0.276 bits per heavy atom. The number of anilines is 3. The molecule has 10 aromatic carbocycles. The second-order valence-electron chi connectivity index (χ2n) is 24.7. The van der Waals surface area contributed by atoms with Crippen molar-refractivity contribution in [2.24, 2.45) is 0 Å². The molecule has 0 saturated heterocycles. The summed E-state index contributed by atoms with van der Waals surface area (Å²) in [5.41, 5.74) is 25.0. The van der Waals surface area contributed by atoms with Crippen molar-refractivity contribution >= 4 is 17.1 Å². The Kier molecular flexibility index (Phi) is 11.6. The zero-order valence-corrected chi connectivity index (χ0v) is 46.0. The maximum atomic E-state index is 2.52. The number of aryl methyl sites for hydroxylation is 1. The van der Waals surface area contributed by atoms with E-state index < -0.39 is 10.8 Å². The SMILES string of the molecule is Cc1ccc(N(c2ccc3c(c2)C(c2ccc(C(C)(C)C)cc2)(c2ccc(C(C)(C)C)cc2)c2ccccc2-3)c2ccc3c(c2)C(c2ccccc2)(c2ccc(C(C)(C)C)cc2)c2cc(-c4ccccc4)ccc2-3)cc1. The van der Waals surface area contributed by atoms with Crippen LogP contribution < -0.4 is 4.90 Å². The van der Waals surface area contributed by atoms with Crippen LogP contribution in [0.25, 0.3) is 33.4 Å². The van der Waals surface area contributed by atoms with Crippen LogP contribution in [0.2, 0.25) is 0 Å². The maximum Gasteiger partial charge on any atom is 0.0714 e. The summed E-state index contributed by atoms with van der Waals surface area (Å²) in [6.45, 7) is 22.9. The lowest BCUT2D eigenvalue weighted by atomic mass is 9.66. The number of nitrogens with zero attached hydrogens (tertiary/aromatic N) is 1. The molecule has 0 N–H and O–H groups in total. The maximum absolute atomic E-state index is 2.52. The topological polar surface area (TPSA) is 3.24 Å². The van der Waals surface area contributed by atoms with Crippen molar-refractivity contribution in [2.75, 3.05) is 4.90 Å². The average molecular weight is 984 g/mol. The minimum Gasteiger partial charge on any atom is -0.310 e. The number of fused-ring (bicyclic) bond motifs is 6. The van der Waals surface area contributed by atoms with Gasteiger partial charge in [-0.2, -0.15) is 0 Å². The molecule has 0 fully saturated rings. The molecule has 76 heavy (non-hydrogen) atoms. The molecule has 374 valence electrons. The Bertz CT molecular complexity index is 3710. The Morgan fingerprint density at radius 3 is 1.09 bits per heavy atom. The van der Waals surface area contributed by atoms with E-state index in [1.165, 1.54) is 100 Å². The summed E-state index contributed by atoms with van der Waals surface area (Å²) in [6, 6.07) is 90.8. The van der Waals surface area contributed by atoms with Crippen LogP contribution in [-0.2, 0) is 27.1 Å². The predicted octanol–water partition coefficient (Wildman–Crippen LogP) is 19.8. The lowest BCUT2D eigenvalue weighted by Crippen LogP contribution is -2.29. The van der Waals surface area contributed by atoms with Crippen LogP contribution in [0.4, 0.5) is 17.1 Å². The molecule has 0 aliphatic heterocycles. The van der Waals surface area contributed by atoms with Gasteiger partial charge in [0.1, 0.15) is 0 Å². The molecule has 0 heterocycles. The molecule has 0 spiro atoms. The first-order valence-corrected chi connectivity index (χ1v) is 27.3. The normalized spacial score (nSPS) is 15.4. The number of benzene rings is 10. The highest BCUT2D eigenvalue weighted by Gasteiger charge is 2.49. The van der Waals surface area contributed by atoms with Gasteiger partial charge in [-0.3, -0.25) is 0 Å². The van der Waals surface area contributed by atoms with Gasteiger partial charge in [-0.15, -0.1) is 0 Å². The highest BCUT2D eigenvalue weighted by atomic mass is 15.1. The van der Waals surface area contributed by atoms with E-state index in [0.717, 1.165) is 17.1 Å². The Balaban J connectivity index is 1.13. The van der Waals surface area contributed by atoms with Gasteiger partial charge >= 0.3 is 0 Å². The van der Waals surface area contributed by atoms with Crippen LogP contribution >= 0.6 is 0 Å². The quantitative estimate of drug-likeness (QED) is 0.147. The lowest BCUT2D eigenvalue weighted by Gasteiger charge is -2.36. The van der Waals surface area contributed by atoms with Gasteiger partial charge < -0.3 is 4.90 Å². The van der Waals surface area contributed by atoms with E-state index >= 15 is 0 Å². The van der Waals surface area contributed by atoms with Crippen LogP contribution in [0.1, 0.15) is 129 Å². The van der Waals surface area contributed by atoms with Gasteiger partial charge in [0.2, 0.25) is 0 Å². The van der Waals surface area contributed by atoms with Gasteiger partial charge in [-0.1, -0.05) is 262 Å². The van der Waals surface area contributed by atoms with Gasteiger partial charge in [0.15, 0.2) is 0 Å². The molecular formula is C75H69N. The molecule has 0 radical (unpaired) electrons. The standard InChI is InChI=1S/C75H69N/c1-50-25-40-60(41-26-50)76(61-42-45-65-63-23-17-18-24-67(63)74(69(65)48-61,57-34-28-53(29-35-57)71(2,3)4)58-36-30-54(31-37-58)72(5,6)7)62-43-46-66-64-44-27-52(51-19-13-11-14-20-51)47-68(64)75(70(66)49-62,56-21-15-12-16-22-56)59-38-32-55(33-39-59)73(8,9)10/h11-49H,1-10H3. The van der Waals surface area contributed by atoms with Crippen molar-refractivity contribution in [2.45, 2.75) is 96.3 Å². The minimum atomic E-state index is -0.630. The van der Waals surface area contributed by atoms with Gasteiger partial charge in [0, 0.05) is 17.1 Å². The molecule has 10 aromatic rings. The van der Waals surface area contributed by atoms with Crippen molar-refractivity contribution in [3.05, 3.63) is 303 Å². The van der Waals surface area contributed by atoms with E-state index in [4.69, 9.17) is 0 Å². The molecule has 12 rings (SSSR count). The molecule has 2 aliphatic rings. The highest BCUT2D eigenvalue weighted by Crippen LogP contribution is 2.60. The first-order chi connectivity index (χ1) is 36.5. The number of rotatable bonds is 8. The Hall–Kier alpha value is -8.00. The fourth-order valence-electron chi connectivity index (χ4n) is 12.7. The van der Waals surface area contributed by atoms with E-state index in [0.29, 0.717) is 0 Å². The number of hydrogen-bond acceptors (Lipinski definition) is 1. The summed E-state index contributed by atoms with van der Waals surface area (Å²) >= 11 is 0. The fourth-order valence-corrected chi connectivity index (χ4v) is 12.7. The second kappa shape index (κ2) is 18.1. The van der Waals surface area contributed by atoms with Gasteiger partial charge in [-0.25, -0.2) is 0 Å². The number of hydrogen-bond donors (Lipinski definition) is 0. The summed E-state index contributed by atoms with van der Waals surface area (Å²) in [5.74, 6) is 0. The van der Waals surface area contributed by atoms with Crippen molar-refractivity contribution in [3.8, 4) is 33.4 Å². The van der Waals surface area contributed by atoms with Gasteiger partial charge in [-0.05, 0) is 160 Å². The van der Waals surface area contributed by atoms with Crippen molar-refractivity contribution in [1.29, 1.82) is 0 Å². The zero-order valence-electron chi connectivity index (χ0n) is 46.0. The lowest BCUT2D eigenvalue weighted by molar-refractivity contribution is 0.588. The Morgan fingerprint density at radius 2 is 0.632 bits per heavy atom. The predicted molar refractivity (Wildman–Crippen MR) is 322 cm³/mol. The summed E-state index contributed by atoms with van der Waals surface area (Å²) < 4.78 is 0. The first-order valence-electron chi connectivity index (χ1n) is 27.3. The van der Waals surface area contributed by atoms with E-state index in [9.17, 15) is 0 Å². The molecule has 0 amide bonds. The van der Waals surface area contributed by atoms with Gasteiger partial charge in [0.05, 0.1) is 10.8 Å². The summed E-state index contributed by atoms with van der Waals surface area (Å²) in [5, 5.41) is 0. The van der Waals surface area contributed by atoms with E-state index in [1.54, 1.807) is 0 Å². The monoisotopic (exact) mass is 984 g/mol. The van der Waals surface area contributed by atoms with Crippen molar-refractivity contribution in [1.82, 2.24) is 0 Å². The van der Waals surface area contributed by atoms with Gasteiger partial charge in [0.25, 0.3) is 0 Å². The van der Waals surface area contributed by atoms with Crippen molar-refractivity contribution in [3.63, 3.8) is 0 Å². The van der Waals surface area contributed by atoms with E-state index in [2.05, 4.69) is 311 Å². The molecular weight excluding hydrogens is 915 g/mol. The molecule has 1 nitrogen and oxygen atoms in total. The van der Waals surface area contributed by atoms with Crippen LogP contribution in [0.3, 0.4) is 0 Å². The summed E-state index contributed by atoms with van der Waals surface area (Å²) in [4.78, 5) is 2.51. The molecule has 0 saturated carbocycles. The Labute approximate surface area is 452 Å². The highest BCUT2D eigenvalue weighted by molar-refractivity contribution is 5.93. The van der Waals surface area contributed by atoms with Crippen LogP contribution in [0.5, 0.6) is 0 Å². The van der Waals surface area contributed by atoms with Crippen LogP contribution in [0.15, 0.2) is 237 Å². The molecule has 1 atom stereocenters. The molecule has 0 bridgehead atoms. The third-order valence-electron chi connectivity index (χ3n) is 16.8. The molecule has 1 heteroatoms. The van der Waals surface area contributed by atoms with Crippen molar-refractivity contribution < 1.29 is 0 Å². The van der Waals surface area contributed by atoms with E-state index in [-0.39, 0.29) is 16.2 Å². The largest absolute Gasteiger partial charge is 0.310 e. The minimum absolute atomic E-state index is 0.00664. The van der Waals surface area contributed by atoms with Crippen LogP contribution in [0, 0.1) is 6.92 Å². The zero-order chi connectivity index (χ0) is 52.8. The molecule has 0 aromatic heterocycles. The smallest absolute Gasteiger partial charge is 0.0714 e. The van der Waals surface area contributed by atoms with Crippen LogP contribution in [-0.4, -0.2) is 0 Å². The summed E-state index contributed by atoms with van der Waals surface area (Å²) in [7, 11) is 0. The third kappa shape index (κ3) is 7.89. The molecule has 1 unspecified atom stereocenters. The van der Waals surface area contributed by atoms with E-state index in [1.807, 2.05) is 0 Å². The second-order valence-corrected chi connectivity index (χ2v) is 24.7.